The topological polar surface area (TPSA) is 123 Å². The number of nitro groups is 2. The van der Waals surface area contributed by atoms with Crippen molar-refractivity contribution < 1.29 is 9.85 Å². The number of allylic oxidation sites excluding steroid dienone is 1. The van der Waals surface area contributed by atoms with E-state index in [1.165, 1.54) is 35.6 Å². The predicted octanol–water partition coefficient (Wildman–Crippen LogP) is 4.69. The second-order valence-electron chi connectivity index (χ2n) is 5.36. The third-order valence-corrected chi connectivity index (χ3v) is 4.50. The van der Waals surface area contributed by atoms with Gasteiger partial charge >= 0.3 is 0 Å². The van der Waals surface area contributed by atoms with Crippen LogP contribution in [0.1, 0.15) is 10.6 Å². The number of aromatic nitrogens is 1. The van der Waals surface area contributed by atoms with Crippen LogP contribution in [-0.4, -0.2) is 14.8 Å². The SMILES string of the molecule is N#C/C(=C/c1ccc([N+](=O)[O-])cc1)c1nc(-c2cccc([N+](=O)[O-])c2)cs1. The molecule has 0 N–H and O–H groups in total. The van der Waals surface area contributed by atoms with Crippen LogP contribution in [0.15, 0.2) is 53.9 Å². The Morgan fingerprint density at radius 2 is 1.78 bits per heavy atom. The van der Waals surface area contributed by atoms with Crippen molar-refractivity contribution in [1.29, 1.82) is 5.26 Å². The van der Waals surface area contributed by atoms with Gasteiger partial charge in [-0.1, -0.05) is 12.1 Å². The highest BCUT2D eigenvalue weighted by molar-refractivity contribution is 7.11. The third-order valence-electron chi connectivity index (χ3n) is 3.62. The minimum Gasteiger partial charge on any atom is -0.258 e. The Kier molecular flexibility index (Phi) is 5.01. The zero-order chi connectivity index (χ0) is 19.4. The lowest BCUT2D eigenvalue weighted by atomic mass is 10.1. The highest BCUT2D eigenvalue weighted by Crippen LogP contribution is 2.29. The first-order chi connectivity index (χ1) is 13.0. The summed E-state index contributed by atoms with van der Waals surface area (Å²) in [6, 6.07) is 14.0. The van der Waals surface area contributed by atoms with Crippen LogP contribution in [0.2, 0.25) is 0 Å². The summed E-state index contributed by atoms with van der Waals surface area (Å²) in [4.78, 5) is 25.0. The second kappa shape index (κ2) is 7.55. The molecule has 3 rings (SSSR count). The van der Waals surface area contributed by atoms with Gasteiger partial charge in [0.15, 0.2) is 0 Å². The average molecular weight is 378 g/mol. The van der Waals surface area contributed by atoms with E-state index in [9.17, 15) is 25.5 Å². The molecule has 0 unspecified atom stereocenters. The first kappa shape index (κ1) is 17.9. The van der Waals surface area contributed by atoms with E-state index in [1.807, 2.05) is 0 Å². The standard InChI is InChI=1S/C18H10N4O4S/c19-10-14(8-12-4-6-15(7-5-12)21(23)24)18-20-17(11-27-18)13-2-1-3-16(9-13)22(25)26/h1-9,11H/b14-8-. The summed E-state index contributed by atoms with van der Waals surface area (Å²) in [6.07, 6.45) is 1.58. The molecule has 132 valence electrons. The van der Waals surface area contributed by atoms with Gasteiger partial charge in [-0.3, -0.25) is 20.2 Å². The Balaban J connectivity index is 1.91. The first-order valence-electron chi connectivity index (χ1n) is 7.55. The van der Waals surface area contributed by atoms with Crippen molar-refractivity contribution in [3.05, 3.63) is 84.7 Å². The van der Waals surface area contributed by atoms with Crippen molar-refractivity contribution in [3.63, 3.8) is 0 Å². The summed E-state index contributed by atoms with van der Waals surface area (Å²) in [6.45, 7) is 0. The molecular formula is C18H10N4O4S. The normalized spacial score (nSPS) is 11.0. The second-order valence-corrected chi connectivity index (χ2v) is 6.22. The molecule has 27 heavy (non-hydrogen) atoms. The lowest BCUT2D eigenvalue weighted by Gasteiger charge is -1.97. The van der Waals surface area contributed by atoms with E-state index in [0.717, 1.165) is 0 Å². The Morgan fingerprint density at radius 1 is 1.07 bits per heavy atom. The number of rotatable bonds is 5. The molecule has 0 amide bonds. The van der Waals surface area contributed by atoms with Crippen LogP contribution in [0.3, 0.4) is 0 Å². The minimum atomic E-state index is -0.495. The predicted molar refractivity (Wildman–Crippen MR) is 101 cm³/mol. The van der Waals surface area contributed by atoms with E-state index in [1.54, 1.807) is 35.7 Å². The monoisotopic (exact) mass is 378 g/mol. The van der Waals surface area contributed by atoms with Gasteiger partial charge in [0.2, 0.25) is 0 Å². The van der Waals surface area contributed by atoms with Crippen molar-refractivity contribution in [2.45, 2.75) is 0 Å². The van der Waals surface area contributed by atoms with Crippen LogP contribution >= 0.6 is 11.3 Å². The van der Waals surface area contributed by atoms with E-state index in [0.29, 0.717) is 27.4 Å². The number of hydrogen-bond acceptors (Lipinski definition) is 7. The van der Waals surface area contributed by atoms with Crippen molar-refractivity contribution in [2.75, 3.05) is 0 Å². The van der Waals surface area contributed by atoms with E-state index in [2.05, 4.69) is 11.1 Å². The largest absolute Gasteiger partial charge is 0.270 e. The van der Waals surface area contributed by atoms with Gasteiger partial charge in [0.05, 0.1) is 21.1 Å². The van der Waals surface area contributed by atoms with Crippen LogP contribution in [0.5, 0.6) is 0 Å². The number of non-ortho nitro benzene ring substituents is 2. The molecule has 0 aliphatic carbocycles. The van der Waals surface area contributed by atoms with Crippen LogP contribution in [0, 0.1) is 31.6 Å². The number of hydrogen-bond donors (Lipinski definition) is 0. The lowest BCUT2D eigenvalue weighted by molar-refractivity contribution is -0.385. The van der Waals surface area contributed by atoms with Crippen LogP contribution < -0.4 is 0 Å². The lowest BCUT2D eigenvalue weighted by Crippen LogP contribution is -1.88. The number of nitrogens with zero attached hydrogens (tertiary/aromatic N) is 4. The average Bonchev–Trinajstić information content (AvgIpc) is 3.16. The van der Waals surface area contributed by atoms with Gasteiger partial charge in [-0.25, -0.2) is 4.98 Å². The molecule has 0 aliphatic rings. The molecule has 9 heteroatoms. The summed E-state index contributed by atoms with van der Waals surface area (Å²) in [5.74, 6) is 0. The third kappa shape index (κ3) is 4.02. The zero-order valence-electron chi connectivity index (χ0n) is 13.6. The quantitative estimate of drug-likeness (QED) is 0.360. The van der Waals surface area contributed by atoms with Crippen molar-refractivity contribution in [2.24, 2.45) is 0 Å². The van der Waals surface area contributed by atoms with Crippen LogP contribution in [0.4, 0.5) is 11.4 Å². The minimum absolute atomic E-state index is 0.0344. The molecule has 1 aromatic heterocycles. The molecule has 0 spiro atoms. The summed E-state index contributed by atoms with van der Waals surface area (Å²) in [5, 5.41) is 33.2. The van der Waals surface area contributed by atoms with Crippen LogP contribution in [0.25, 0.3) is 22.9 Å². The van der Waals surface area contributed by atoms with Crippen LogP contribution in [-0.2, 0) is 0 Å². The Morgan fingerprint density at radius 3 is 2.41 bits per heavy atom. The first-order valence-corrected chi connectivity index (χ1v) is 8.43. The van der Waals surface area contributed by atoms with E-state index in [-0.39, 0.29) is 11.4 Å². The van der Waals surface area contributed by atoms with Gasteiger partial charge in [-0.05, 0) is 23.8 Å². The maximum absolute atomic E-state index is 10.9. The molecule has 0 fully saturated rings. The van der Waals surface area contributed by atoms with Gasteiger partial charge in [0.1, 0.15) is 11.1 Å². The van der Waals surface area contributed by atoms with E-state index >= 15 is 0 Å². The fourth-order valence-corrected chi connectivity index (χ4v) is 3.10. The molecule has 0 aliphatic heterocycles. The molecule has 8 nitrogen and oxygen atoms in total. The van der Waals surface area contributed by atoms with Crippen molar-refractivity contribution >= 4 is 34.4 Å². The van der Waals surface area contributed by atoms with Crippen molar-refractivity contribution in [1.82, 2.24) is 4.98 Å². The zero-order valence-corrected chi connectivity index (χ0v) is 14.4. The Labute approximate surface area is 157 Å². The van der Waals surface area contributed by atoms with Gasteiger partial charge in [-0.15, -0.1) is 11.3 Å². The fraction of sp³-hybridized carbons (Fsp3) is 0. The van der Waals surface area contributed by atoms with Gasteiger partial charge < -0.3 is 0 Å². The molecular weight excluding hydrogens is 368 g/mol. The van der Waals surface area contributed by atoms with E-state index in [4.69, 9.17) is 0 Å². The molecule has 3 aromatic rings. The summed E-state index contributed by atoms with van der Waals surface area (Å²) in [5.41, 5.74) is 1.97. The van der Waals surface area contributed by atoms with Gasteiger partial charge in [-0.2, -0.15) is 5.26 Å². The summed E-state index contributed by atoms with van der Waals surface area (Å²) in [7, 11) is 0. The summed E-state index contributed by atoms with van der Waals surface area (Å²) >= 11 is 1.24. The number of thiazole rings is 1. The Hall–Kier alpha value is -3.90. The van der Waals surface area contributed by atoms with Gasteiger partial charge in [0.25, 0.3) is 11.4 Å². The molecule has 0 saturated carbocycles. The number of nitro benzene ring substituents is 2. The molecule has 0 bridgehead atoms. The molecule has 0 atom stereocenters. The maximum atomic E-state index is 10.9. The van der Waals surface area contributed by atoms with Crippen molar-refractivity contribution in [3.8, 4) is 17.3 Å². The number of nitriles is 1. The maximum Gasteiger partial charge on any atom is 0.270 e. The Bertz CT molecular complexity index is 1100. The molecule has 0 saturated heterocycles. The highest BCUT2D eigenvalue weighted by Gasteiger charge is 2.12. The molecule has 2 aromatic carbocycles. The number of benzene rings is 2. The summed E-state index contributed by atoms with van der Waals surface area (Å²) < 4.78 is 0. The molecule has 0 radical (unpaired) electrons. The fourth-order valence-electron chi connectivity index (χ4n) is 2.31. The van der Waals surface area contributed by atoms with E-state index < -0.39 is 9.85 Å². The molecule has 1 heterocycles. The highest BCUT2D eigenvalue weighted by atomic mass is 32.1. The van der Waals surface area contributed by atoms with Gasteiger partial charge in [0, 0.05) is 35.2 Å². The smallest absolute Gasteiger partial charge is 0.258 e.